The fourth-order valence-corrected chi connectivity index (χ4v) is 1.40. The van der Waals surface area contributed by atoms with Gasteiger partial charge in [-0.15, -0.1) is 0 Å². The maximum Gasteiger partial charge on any atom is 0.323 e. The van der Waals surface area contributed by atoms with Gasteiger partial charge in [-0.25, -0.2) is 0 Å². The van der Waals surface area contributed by atoms with Gasteiger partial charge >= 0.3 is 5.97 Å². The van der Waals surface area contributed by atoms with E-state index in [2.05, 4.69) is 4.98 Å². The molecule has 1 aromatic heterocycles. The van der Waals surface area contributed by atoms with Crippen molar-refractivity contribution in [3.8, 4) is 0 Å². The summed E-state index contributed by atoms with van der Waals surface area (Å²) in [6.45, 7) is 1.62. The van der Waals surface area contributed by atoms with E-state index in [1.54, 1.807) is 12.3 Å². The van der Waals surface area contributed by atoms with Crippen molar-refractivity contribution in [3.63, 3.8) is 0 Å². The van der Waals surface area contributed by atoms with Gasteiger partial charge in [-0.05, 0) is 18.1 Å². The van der Waals surface area contributed by atoms with Crippen molar-refractivity contribution in [2.45, 2.75) is 13.3 Å². The van der Waals surface area contributed by atoms with E-state index >= 15 is 0 Å². The molecule has 1 amide bonds. The van der Waals surface area contributed by atoms with Crippen molar-refractivity contribution in [2.75, 3.05) is 13.6 Å². The number of hydrogen-bond donors (Lipinski definition) is 1. The highest BCUT2D eigenvalue weighted by molar-refractivity contribution is 5.96. The molecule has 5 heteroatoms. The molecule has 0 aliphatic heterocycles. The number of rotatable bonds is 4. The minimum atomic E-state index is -1.03. The van der Waals surface area contributed by atoms with E-state index in [0.717, 1.165) is 5.56 Å². The second-order valence-corrected chi connectivity index (χ2v) is 3.44. The number of pyridine rings is 1. The Balaban J connectivity index is 2.91. The summed E-state index contributed by atoms with van der Waals surface area (Å²) in [5.74, 6) is -1.32. The van der Waals surface area contributed by atoms with E-state index in [-0.39, 0.29) is 12.5 Å². The lowest BCUT2D eigenvalue weighted by molar-refractivity contribution is -0.137. The monoisotopic (exact) mass is 222 g/mol. The Kier molecular flexibility index (Phi) is 3.99. The number of carboxylic acids is 1. The summed E-state index contributed by atoms with van der Waals surface area (Å²) < 4.78 is 0. The van der Waals surface area contributed by atoms with Crippen LogP contribution in [0.15, 0.2) is 18.5 Å². The van der Waals surface area contributed by atoms with E-state index in [1.807, 2.05) is 6.92 Å². The molecule has 0 spiro atoms. The first-order valence-electron chi connectivity index (χ1n) is 4.96. The van der Waals surface area contributed by atoms with Gasteiger partial charge in [0.15, 0.2) is 0 Å². The van der Waals surface area contributed by atoms with Gasteiger partial charge < -0.3 is 10.0 Å². The molecule has 0 atom stereocenters. The first kappa shape index (κ1) is 12.2. The Morgan fingerprint density at radius 3 is 2.75 bits per heavy atom. The average molecular weight is 222 g/mol. The summed E-state index contributed by atoms with van der Waals surface area (Å²) in [6, 6.07) is 1.61. The summed E-state index contributed by atoms with van der Waals surface area (Å²) in [7, 11) is 1.47. The van der Waals surface area contributed by atoms with E-state index in [1.165, 1.54) is 18.1 Å². The SMILES string of the molecule is CCc1cnccc1C(=O)N(C)CC(=O)O. The van der Waals surface area contributed by atoms with Gasteiger partial charge in [-0.1, -0.05) is 6.92 Å². The molecule has 0 aromatic carbocycles. The van der Waals surface area contributed by atoms with Crippen LogP contribution in [0.5, 0.6) is 0 Å². The summed E-state index contributed by atoms with van der Waals surface area (Å²) in [5.41, 5.74) is 1.34. The zero-order valence-electron chi connectivity index (χ0n) is 9.30. The number of carbonyl (C=O) groups excluding carboxylic acids is 1. The Morgan fingerprint density at radius 2 is 2.19 bits per heavy atom. The number of amides is 1. The number of hydrogen-bond acceptors (Lipinski definition) is 3. The van der Waals surface area contributed by atoms with Crippen molar-refractivity contribution in [2.24, 2.45) is 0 Å². The predicted molar refractivity (Wildman–Crippen MR) is 58.2 cm³/mol. The highest BCUT2D eigenvalue weighted by Crippen LogP contribution is 2.10. The molecular weight excluding hydrogens is 208 g/mol. The van der Waals surface area contributed by atoms with E-state index in [9.17, 15) is 9.59 Å². The average Bonchev–Trinajstić information content (AvgIpc) is 2.27. The molecule has 0 aliphatic rings. The van der Waals surface area contributed by atoms with Crippen molar-refractivity contribution >= 4 is 11.9 Å². The molecule has 86 valence electrons. The van der Waals surface area contributed by atoms with E-state index in [0.29, 0.717) is 12.0 Å². The molecule has 0 saturated heterocycles. The number of carbonyl (C=O) groups is 2. The van der Waals surface area contributed by atoms with E-state index in [4.69, 9.17) is 5.11 Å². The quantitative estimate of drug-likeness (QED) is 0.818. The van der Waals surface area contributed by atoms with Crippen LogP contribution in [0.1, 0.15) is 22.8 Å². The molecule has 0 fully saturated rings. The van der Waals surface area contributed by atoms with Gasteiger partial charge in [-0.2, -0.15) is 0 Å². The van der Waals surface area contributed by atoms with Crippen LogP contribution >= 0.6 is 0 Å². The van der Waals surface area contributed by atoms with Crippen LogP contribution in [0.2, 0.25) is 0 Å². The van der Waals surface area contributed by atoms with Crippen LogP contribution in [0.25, 0.3) is 0 Å². The first-order valence-corrected chi connectivity index (χ1v) is 4.96. The van der Waals surface area contributed by atoms with Gasteiger partial charge in [0.25, 0.3) is 5.91 Å². The molecule has 0 aliphatic carbocycles. The fraction of sp³-hybridized carbons (Fsp3) is 0.364. The maximum absolute atomic E-state index is 11.9. The molecule has 0 radical (unpaired) electrons. The summed E-state index contributed by atoms with van der Waals surface area (Å²) in [4.78, 5) is 27.5. The van der Waals surface area contributed by atoms with Gasteiger partial charge in [0.1, 0.15) is 6.54 Å². The van der Waals surface area contributed by atoms with Crippen LogP contribution in [-0.2, 0) is 11.2 Å². The molecule has 1 aromatic rings. The van der Waals surface area contributed by atoms with Gasteiger partial charge in [0, 0.05) is 25.0 Å². The topological polar surface area (TPSA) is 70.5 Å². The molecule has 1 N–H and O–H groups in total. The Labute approximate surface area is 93.7 Å². The summed E-state index contributed by atoms with van der Waals surface area (Å²) in [6.07, 6.45) is 3.85. The summed E-state index contributed by atoms with van der Waals surface area (Å²) in [5, 5.41) is 8.60. The second-order valence-electron chi connectivity index (χ2n) is 3.44. The van der Waals surface area contributed by atoms with Crippen molar-refractivity contribution < 1.29 is 14.7 Å². The molecule has 0 bridgehead atoms. The number of likely N-dealkylation sites (N-methyl/N-ethyl adjacent to an activating group) is 1. The number of nitrogens with zero attached hydrogens (tertiary/aromatic N) is 2. The molecule has 0 unspecified atom stereocenters. The lowest BCUT2D eigenvalue weighted by atomic mass is 10.1. The van der Waals surface area contributed by atoms with Crippen molar-refractivity contribution in [3.05, 3.63) is 29.6 Å². The lowest BCUT2D eigenvalue weighted by Crippen LogP contribution is -2.32. The molecule has 5 nitrogen and oxygen atoms in total. The van der Waals surface area contributed by atoms with Crippen LogP contribution in [0.4, 0.5) is 0 Å². The third-order valence-corrected chi connectivity index (χ3v) is 2.23. The standard InChI is InChI=1S/C11H14N2O3/c1-3-8-6-12-5-4-9(8)11(16)13(2)7-10(14)15/h4-6H,3,7H2,1-2H3,(H,14,15). The minimum absolute atomic E-state index is 0.290. The van der Waals surface area contributed by atoms with Crippen LogP contribution in [0, 0.1) is 0 Å². The highest BCUT2D eigenvalue weighted by atomic mass is 16.4. The molecule has 1 heterocycles. The third-order valence-electron chi connectivity index (χ3n) is 2.23. The van der Waals surface area contributed by atoms with Gasteiger partial charge in [-0.3, -0.25) is 14.6 Å². The largest absolute Gasteiger partial charge is 0.480 e. The summed E-state index contributed by atoms with van der Waals surface area (Å²) >= 11 is 0. The Bertz CT molecular complexity index is 404. The van der Waals surface area contributed by atoms with Crippen molar-refractivity contribution in [1.29, 1.82) is 0 Å². The van der Waals surface area contributed by atoms with E-state index < -0.39 is 5.97 Å². The number of aliphatic carboxylic acids is 1. The first-order chi connectivity index (χ1) is 7.56. The fourth-order valence-electron chi connectivity index (χ4n) is 1.40. The van der Waals surface area contributed by atoms with Gasteiger partial charge in [0.05, 0.1) is 0 Å². The second kappa shape index (κ2) is 5.25. The number of carboxylic acid groups (broad SMARTS) is 1. The molecule has 16 heavy (non-hydrogen) atoms. The number of aryl methyl sites for hydroxylation is 1. The Morgan fingerprint density at radius 1 is 1.50 bits per heavy atom. The third kappa shape index (κ3) is 2.79. The number of aromatic nitrogens is 1. The lowest BCUT2D eigenvalue weighted by Gasteiger charge is -2.16. The van der Waals surface area contributed by atoms with Crippen molar-refractivity contribution in [1.82, 2.24) is 9.88 Å². The Hall–Kier alpha value is -1.91. The van der Waals surface area contributed by atoms with Crippen LogP contribution < -0.4 is 0 Å². The molecular formula is C11H14N2O3. The molecule has 1 rings (SSSR count). The zero-order valence-corrected chi connectivity index (χ0v) is 9.30. The predicted octanol–water partition coefficient (Wildman–Crippen LogP) is 0.801. The minimum Gasteiger partial charge on any atom is -0.480 e. The van der Waals surface area contributed by atoms with Crippen LogP contribution in [0.3, 0.4) is 0 Å². The zero-order chi connectivity index (χ0) is 12.1. The smallest absolute Gasteiger partial charge is 0.323 e. The highest BCUT2D eigenvalue weighted by Gasteiger charge is 2.16. The van der Waals surface area contributed by atoms with Crippen LogP contribution in [-0.4, -0.2) is 40.5 Å². The maximum atomic E-state index is 11.9. The molecule has 0 saturated carbocycles. The van der Waals surface area contributed by atoms with Gasteiger partial charge in [0.2, 0.25) is 0 Å². The normalized spacial score (nSPS) is 9.88.